The second kappa shape index (κ2) is 7.79. The fraction of sp³-hybridized carbons (Fsp3) is 0.611. The Balaban J connectivity index is 1.35. The van der Waals surface area contributed by atoms with Crippen LogP contribution in [0.3, 0.4) is 0 Å². The van der Waals surface area contributed by atoms with Gasteiger partial charge in [-0.3, -0.25) is 15.3 Å². The number of hydrazine groups is 1. The summed E-state index contributed by atoms with van der Waals surface area (Å²) < 4.78 is 5.34. The van der Waals surface area contributed by atoms with Gasteiger partial charge in [-0.2, -0.15) is 0 Å². The molecule has 26 heavy (non-hydrogen) atoms. The Hall–Kier alpha value is -1.87. The van der Waals surface area contributed by atoms with Gasteiger partial charge in [-0.25, -0.2) is 0 Å². The number of rotatable bonds is 5. The second-order valence-electron chi connectivity index (χ2n) is 7.03. The summed E-state index contributed by atoms with van der Waals surface area (Å²) in [6.45, 7) is 5.12. The Morgan fingerprint density at radius 2 is 1.77 bits per heavy atom. The monoisotopic (exact) mass is 359 g/mol. The van der Waals surface area contributed by atoms with E-state index in [0.717, 1.165) is 70.0 Å². The fourth-order valence-corrected chi connectivity index (χ4v) is 3.79. The molecule has 1 fully saturated rings. The lowest BCUT2D eigenvalue weighted by Gasteiger charge is -2.46. The Labute approximate surface area is 153 Å². The van der Waals surface area contributed by atoms with Crippen LogP contribution in [0.25, 0.3) is 0 Å². The van der Waals surface area contributed by atoms with Crippen molar-refractivity contribution in [3.05, 3.63) is 33.7 Å². The molecule has 0 saturated carbocycles. The molecule has 1 aromatic carbocycles. The number of morpholine rings is 1. The summed E-state index contributed by atoms with van der Waals surface area (Å²) in [5.74, 6) is 0.0804. The molecule has 0 amide bonds. The van der Waals surface area contributed by atoms with Crippen molar-refractivity contribution in [3.63, 3.8) is 0 Å². The number of hydrogen-bond acceptors (Lipinski definition) is 6. The first-order valence-electron chi connectivity index (χ1n) is 9.44. The number of aryl methyl sites for hydroxylation is 2. The molecule has 2 heterocycles. The van der Waals surface area contributed by atoms with Gasteiger partial charge in [0.1, 0.15) is 0 Å². The van der Waals surface area contributed by atoms with Crippen molar-refractivity contribution in [2.75, 3.05) is 49.6 Å². The van der Waals surface area contributed by atoms with E-state index in [9.17, 15) is 10.4 Å². The van der Waals surface area contributed by atoms with E-state index in [-0.39, 0.29) is 5.96 Å². The van der Waals surface area contributed by atoms with Gasteiger partial charge in [0.05, 0.1) is 24.6 Å². The number of unbranched alkanes of at least 4 members (excludes halogenated alkanes) is 1. The summed E-state index contributed by atoms with van der Waals surface area (Å²) in [5, 5.41) is 26.3. The maximum absolute atomic E-state index is 12.6. The lowest BCUT2D eigenvalue weighted by molar-refractivity contribution is 0.0373. The smallest absolute Gasteiger partial charge is 0.206 e. The van der Waals surface area contributed by atoms with Crippen LogP contribution in [0.4, 0.5) is 11.4 Å². The van der Waals surface area contributed by atoms with Crippen molar-refractivity contribution in [3.8, 4) is 0 Å². The zero-order valence-corrected chi connectivity index (χ0v) is 14.9. The number of nitrogens with zero attached hydrogens (tertiary/aromatic N) is 4. The second-order valence-corrected chi connectivity index (χ2v) is 7.03. The molecule has 0 bridgehead atoms. The highest BCUT2D eigenvalue weighted by Gasteiger charge is 2.21. The highest BCUT2D eigenvalue weighted by Crippen LogP contribution is 2.37. The van der Waals surface area contributed by atoms with Crippen LogP contribution in [0.15, 0.2) is 17.1 Å². The minimum Gasteiger partial charge on any atom is -0.752 e. The predicted molar refractivity (Wildman–Crippen MR) is 102 cm³/mol. The number of hydroxylamine groups is 1. The van der Waals surface area contributed by atoms with E-state index in [0.29, 0.717) is 23.1 Å². The maximum atomic E-state index is 12.6. The minimum atomic E-state index is 0.0804. The number of hydrogen-bond donors (Lipinski definition) is 1. The molecule has 8 heteroatoms. The summed E-state index contributed by atoms with van der Waals surface area (Å²) in [6.07, 6.45) is 4.91. The number of guanidine groups is 1. The zero-order valence-electron chi connectivity index (χ0n) is 14.9. The summed E-state index contributed by atoms with van der Waals surface area (Å²) in [7, 11) is 0. The lowest BCUT2D eigenvalue weighted by atomic mass is 10.1. The fourth-order valence-electron chi connectivity index (χ4n) is 3.79. The summed E-state index contributed by atoms with van der Waals surface area (Å²) in [4.78, 5) is 6.70. The molecule has 3 aliphatic rings. The molecule has 0 radical (unpaired) electrons. The van der Waals surface area contributed by atoms with Crippen molar-refractivity contribution in [1.29, 1.82) is 0 Å². The first kappa shape index (κ1) is 17.5. The zero-order chi connectivity index (χ0) is 17.9. The van der Waals surface area contributed by atoms with Gasteiger partial charge in [-0.15, -0.1) is 0 Å². The average molecular weight is 359 g/mol. The molecule has 142 valence electrons. The van der Waals surface area contributed by atoms with Crippen molar-refractivity contribution in [2.24, 2.45) is 4.99 Å². The van der Waals surface area contributed by atoms with Crippen LogP contribution < -0.4 is 15.7 Å². The number of nitrogens with one attached hydrogen (secondary N) is 1. The van der Waals surface area contributed by atoms with Gasteiger partial charge in [0.2, 0.25) is 5.96 Å². The van der Waals surface area contributed by atoms with Gasteiger partial charge in [0.15, 0.2) is 0 Å². The quantitative estimate of drug-likeness (QED) is 0.801. The van der Waals surface area contributed by atoms with Crippen molar-refractivity contribution >= 4 is 17.3 Å². The molecule has 2 aliphatic heterocycles. The van der Waals surface area contributed by atoms with E-state index in [1.165, 1.54) is 11.1 Å². The van der Waals surface area contributed by atoms with Gasteiger partial charge in [0.25, 0.3) is 0 Å². The molecule has 4 rings (SSSR count). The van der Waals surface area contributed by atoms with Crippen LogP contribution >= 0.6 is 0 Å². The van der Waals surface area contributed by atoms with Crippen LogP contribution in [0.1, 0.15) is 30.4 Å². The SMILES string of the molecule is [O-]N1NC(=NCCCCN2CCOCC2)N([O-])c2cc3c(cc21)CCC3. The molecule has 0 spiro atoms. The average Bonchev–Trinajstić information content (AvgIpc) is 3.12. The first-order valence-corrected chi connectivity index (χ1v) is 9.44. The predicted octanol–water partition coefficient (Wildman–Crippen LogP) is 1.77. The molecule has 1 saturated heterocycles. The van der Waals surface area contributed by atoms with E-state index in [1.807, 2.05) is 12.1 Å². The third-order valence-corrected chi connectivity index (χ3v) is 5.27. The molecule has 8 nitrogen and oxygen atoms in total. The summed E-state index contributed by atoms with van der Waals surface area (Å²) in [5.41, 5.74) is 5.69. The van der Waals surface area contributed by atoms with Crippen LogP contribution in [-0.2, 0) is 17.6 Å². The summed E-state index contributed by atoms with van der Waals surface area (Å²) in [6, 6.07) is 3.69. The normalized spacial score (nSPS) is 21.7. The molecular weight excluding hydrogens is 334 g/mol. The molecule has 1 N–H and O–H groups in total. The third kappa shape index (κ3) is 3.64. The van der Waals surface area contributed by atoms with Crippen LogP contribution in [0.2, 0.25) is 0 Å². The van der Waals surface area contributed by atoms with Crippen LogP contribution in [0, 0.1) is 10.4 Å². The topological polar surface area (TPSA) is 89.5 Å². The number of ether oxygens (including phenoxy) is 1. The van der Waals surface area contributed by atoms with Gasteiger partial charge in [-0.1, -0.05) is 0 Å². The molecule has 0 aromatic heterocycles. The highest BCUT2D eigenvalue weighted by atomic mass is 16.6. The number of aliphatic imine (C=N–C) groups is 1. The van der Waals surface area contributed by atoms with E-state index in [4.69, 9.17) is 4.74 Å². The van der Waals surface area contributed by atoms with E-state index < -0.39 is 0 Å². The van der Waals surface area contributed by atoms with E-state index >= 15 is 0 Å². The highest BCUT2D eigenvalue weighted by molar-refractivity contribution is 6.04. The largest absolute Gasteiger partial charge is 0.752 e. The van der Waals surface area contributed by atoms with Crippen molar-refractivity contribution in [2.45, 2.75) is 32.1 Å². The van der Waals surface area contributed by atoms with Gasteiger partial charge >= 0.3 is 0 Å². The van der Waals surface area contributed by atoms with Gasteiger partial charge in [-0.05, 0) is 61.9 Å². The van der Waals surface area contributed by atoms with Crippen molar-refractivity contribution in [1.82, 2.24) is 10.3 Å². The summed E-state index contributed by atoms with van der Waals surface area (Å²) >= 11 is 0. The van der Waals surface area contributed by atoms with Gasteiger partial charge in [0, 0.05) is 19.6 Å². The van der Waals surface area contributed by atoms with Gasteiger partial charge < -0.3 is 25.4 Å². The standard InChI is InChI=1S/C18H25N5O3/c24-22-16-12-14-4-3-5-15(14)13-17(16)23(25)20-18(22)19-6-1-2-7-21-8-10-26-11-9-21/h12-13H,1-11H2,(H,19,20)/q-2. The Morgan fingerprint density at radius 3 is 2.54 bits per heavy atom. The Morgan fingerprint density at radius 1 is 1.04 bits per heavy atom. The molecule has 1 aliphatic carbocycles. The number of anilines is 2. The molecular formula is C18H25N5O3-2. The number of benzene rings is 1. The van der Waals surface area contributed by atoms with Crippen molar-refractivity contribution < 1.29 is 4.74 Å². The minimum absolute atomic E-state index is 0.0804. The molecule has 0 atom stereocenters. The van der Waals surface area contributed by atoms with E-state index in [2.05, 4.69) is 15.3 Å². The first-order chi connectivity index (χ1) is 12.7. The van der Waals surface area contributed by atoms with Crippen LogP contribution in [0.5, 0.6) is 0 Å². The lowest BCUT2D eigenvalue weighted by Crippen LogP contribution is -2.50. The van der Waals surface area contributed by atoms with Crippen LogP contribution in [-0.4, -0.2) is 50.3 Å². The molecule has 0 unspecified atom stereocenters. The molecule has 1 aromatic rings. The van der Waals surface area contributed by atoms with E-state index in [1.54, 1.807) is 0 Å². The Kier molecular flexibility index (Phi) is 5.26. The maximum Gasteiger partial charge on any atom is 0.206 e. The Bertz CT molecular complexity index is 675. The number of fused-ring (bicyclic) bond motifs is 2. The third-order valence-electron chi connectivity index (χ3n) is 5.27.